The molecular weight excluding hydrogens is 326 g/mol. The van der Waals surface area contributed by atoms with Crippen LogP contribution in [0.25, 0.3) is 0 Å². The molecule has 6 nitrogen and oxygen atoms in total. The zero-order chi connectivity index (χ0) is 16.0. The SMILES string of the molecule is Cc1cccc(OC2CN(S(=O)(=O)C3CCS(=O)(=O)C3)C2)c1. The monoisotopic (exact) mass is 345 g/mol. The summed E-state index contributed by atoms with van der Waals surface area (Å²) in [5.41, 5.74) is 1.08. The lowest BCUT2D eigenvalue weighted by Crippen LogP contribution is -2.58. The van der Waals surface area contributed by atoms with Crippen molar-refractivity contribution >= 4 is 19.9 Å². The number of aryl methyl sites for hydroxylation is 1. The Bertz CT molecular complexity index is 766. The first kappa shape index (κ1) is 15.8. The van der Waals surface area contributed by atoms with E-state index in [4.69, 9.17) is 4.74 Å². The van der Waals surface area contributed by atoms with Gasteiger partial charge in [0.15, 0.2) is 9.84 Å². The summed E-state index contributed by atoms with van der Waals surface area (Å²) >= 11 is 0. The summed E-state index contributed by atoms with van der Waals surface area (Å²) in [6, 6.07) is 7.60. The van der Waals surface area contributed by atoms with Gasteiger partial charge in [-0.3, -0.25) is 0 Å². The van der Waals surface area contributed by atoms with Gasteiger partial charge in [-0.2, -0.15) is 4.31 Å². The maximum atomic E-state index is 12.4. The highest BCUT2D eigenvalue weighted by Gasteiger charge is 2.45. The first-order chi connectivity index (χ1) is 10.3. The molecule has 0 spiro atoms. The molecule has 0 radical (unpaired) electrons. The van der Waals surface area contributed by atoms with Gasteiger partial charge in [0.25, 0.3) is 0 Å². The molecule has 0 aliphatic carbocycles. The fourth-order valence-electron chi connectivity index (χ4n) is 2.77. The van der Waals surface area contributed by atoms with Crippen molar-refractivity contribution in [3.63, 3.8) is 0 Å². The van der Waals surface area contributed by atoms with E-state index in [0.29, 0.717) is 0 Å². The standard InChI is InChI=1S/C14H19NO5S2/c1-11-3-2-4-12(7-11)20-13-8-15(9-13)22(18,19)14-5-6-21(16,17)10-14/h2-4,7,13-14H,5-6,8-10H2,1H3. The molecular formula is C14H19NO5S2. The molecule has 2 aliphatic heterocycles. The van der Waals surface area contributed by atoms with Crippen LogP contribution in [-0.4, -0.2) is 57.1 Å². The summed E-state index contributed by atoms with van der Waals surface area (Å²) in [5, 5.41) is -0.794. The van der Waals surface area contributed by atoms with Gasteiger partial charge >= 0.3 is 0 Å². The number of ether oxygens (including phenoxy) is 1. The fourth-order valence-corrected chi connectivity index (χ4v) is 7.36. The molecule has 0 saturated carbocycles. The lowest BCUT2D eigenvalue weighted by atomic mass is 10.2. The quantitative estimate of drug-likeness (QED) is 0.797. The molecule has 2 fully saturated rings. The summed E-state index contributed by atoms with van der Waals surface area (Å²) in [4.78, 5) is 0. The summed E-state index contributed by atoms with van der Waals surface area (Å²) in [7, 11) is -6.73. The van der Waals surface area contributed by atoms with E-state index < -0.39 is 25.1 Å². The van der Waals surface area contributed by atoms with E-state index in [1.54, 1.807) is 0 Å². The number of hydrogen-bond acceptors (Lipinski definition) is 5. The zero-order valence-electron chi connectivity index (χ0n) is 12.3. The maximum Gasteiger partial charge on any atom is 0.218 e. The van der Waals surface area contributed by atoms with E-state index in [1.165, 1.54) is 4.31 Å². The Labute approximate surface area is 131 Å². The molecule has 1 aromatic rings. The predicted octanol–water partition coefficient (Wildman–Crippen LogP) is 0.575. The minimum Gasteiger partial charge on any atom is -0.488 e. The Balaban J connectivity index is 1.59. The summed E-state index contributed by atoms with van der Waals surface area (Å²) < 4.78 is 54.7. The molecule has 1 aromatic carbocycles. The number of benzene rings is 1. The molecule has 0 aromatic heterocycles. The molecule has 1 atom stereocenters. The van der Waals surface area contributed by atoms with E-state index in [1.807, 2.05) is 31.2 Å². The first-order valence-electron chi connectivity index (χ1n) is 7.19. The summed E-state index contributed by atoms with van der Waals surface area (Å²) in [6.45, 7) is 2.53. The lowest BCUT2D eigenvalue weighted by Gasteiger charge is -2.39. The second-order valence-corrected chi connectivity index (χ2v) is 10.4. The average Bonchev–Trinajstić information content (AvgIpc) is 2.74. The van der Waals surface area contributed by atoms with Crippen LogP contribution in [0.1, 0.15) is 12.0 Å². The second-order valence-electron chi connectivity index (χ2n) is 5.94. The van der Waals surface area contributed by atoms with Gasteiger partial charge in [0.2, 0.25) is 10.0 Å². The minimum absolute atomic E-state index is 0.0338. The van der Waals surface area contributed by atoms with Gasteiger partial charge in [-0.25, -0.2) is 16.8 Å². The Hall–Kier alpha value is -1.12. The lowest BCUT2D eigenvalue weighted by molar-refractivity contribution is 0.0756. The molecule has 8 heteroatoms. The van der Waals surface area contributed by atoms with Crippen LogP contribution in [0, 0.1) is 6.92 Å². The number of hydrogen-bond donors (Lipinski definition) is 0. The van der Waals surface area contributed by atoms with Crippen LogP contribution in [0.4, 0.5) is 0 Å². The molecule has 2 aliphatic rings. The summed E-state index contributed by atoms with van der Waals surface area (Å²) in [6.07, 6.45) is 0.0273. The minimum atomic E-state index is -3.53. The molecule has 122 valence electrons. The van der Waals surface area contributed by atoms with Gasteiger partial charge in [0, 0.05) is 0 Å². The Morgan fingerprint density at radius 3 is 2.59 bits per heavy atom. The van der Waals surface area contributed by atoms with Crippen molar-refractivity contribution in [3.8, 4) is 5.75 Å². The second kappa shape index (κ2) is 5.50. The molecule has 3 rings (SSSR count). The third-order valence-corrected chi connectivity index (χ3v) is 8.32. The molecule has 0 amide bonds. The van der Waals surface area contributed by atoms with Gasteiger partial charge in [-0.1, -0.05) is 12.1 Å². The molecule has 0 bridgehead atoms. The van der Waals surface area contributed by atoms with Crippen LogP contribution in [0.2, 0.25) is 0 Å². The topological polar surface area (TPSA) is 80.8 Å². The number of sulfone groups is 1. The third-order valence-electron chi connectivity index (χ3n) is 4.08. The maximum absolute atomic E-state index is 12.4. The first-order valence-corrected chi connectivity index (χ1v) is 10.5. The number of sulfonamides is 1. The number of nitrogens with zero attached hydrogens (tertiary/aromatic N) is 1. The van der Waals surface area contributed by atoms with Gasteiger partial charge in [-0.15, -0.1) is 0 Å². The molecule has 0 N–H and O–H groups in total. The largest absolute Gasteiger partial charge is 0.488 e. The predicted molar refractivity (Wildman–Crippen MR) is 83.1 cm³/mol. The summed E-state index contributed by atoms with van der Waals surface area (Å²) in [5.74, 6) is 0.439. The van der Waals surface area contributed by atoms with Crippen molar-refractivity contribution in [2.24, 2.45) is 0 Å². The van der Waals surface area contributed by atoms with Crippen LogP contribution in [-0.2, 0) is 19.9 Å². The fraction of sp³-hybridized carbons (Fsp3) is 0.571. The van der Waals surface area contributed by atoms with E-state index in [2.05, 4.69) is 0 Å². The smallest absolute Gasteiger partial charge is 0.218 e. The van der Waals surface area contributed by atoms with Crippen LogP contribution in [0.15, 0.2) is 24.3 Å². The van der Waals surface area contributed by atoms with E-state index in [0.717, 1.165) is 11.3 Å². The highest BCUT2D eigenvalue weighted by atomic mass is 32.2. The molecule has 2 saturated heterocycles. The van der Waals surface area contributed by atoms with Crippen molar-refractivity contribution < 1.29 is 21.6 Å². The van der Waals surface area contributed by atoms with Gasteiger partial charge in [0.1, 0.15) is 11.9 Å². The van der Waals surface area contributed by atoms with Crippen LogP contribution >= 0.6 is 0 Å². The van der Waals surface area contributed by atoms with Crippen LogP contribution in [0.3, 0.4) is 0 Å². The van der Waals surface area contributed by atoms with Crippen molar-refractivity contribution in [2.45, 2.75) is 24.7 Å². The average molecular weight is 345 g/mol. The van der Waals surface area contributed by atoms with Gasteiger partial charge in [0.05, 0.1) is 29.8 Å². The van der Waals surface area contributed by atoms with E-state index in [-0.39, 0.29) is 37.1 Å². The van der Waals surface area contributed by atoms with Crippen molar-refractivity contribution in [1.82, 2.24) is 4.31 Å². The highest BCUT2D eigenvalue weighted by molar-refractivity contribution is 7.95. The van der Waals surface area contributed by atoms with Gasteiger partial charge < -0.3 is 4.74 Å². The molecule has 2 heterocycles. The Kier molecular flexibility index (Phi) is 3.94. The van der Waals surface area contributed by atoms with Crippen LogP contribution < -0.4 is 4.74 Å². The van der Waals surface area contributed by atoms with E-state index in [9.17, 15) is 16.8 Å². The zero-order valence-corrected chi connectivity index (χ0v) is 13.9. The van der Waals surface area contributed by atoms with Crippen molar-refractivity contribution in [3.05, 3.63) is 29.8 Å². The third kappa shape index (κ3) is 3.13. The Morgan fingerprint density at radius 2 is 2.00 bits per heavy atom. The van der Waals surface area contributed by atoms with Crippen molar-refractivity contribution in [2.75, 3.05) is 24.6 Å². The Morgan fingerprint density at radius 1 is 1.27 bits per heavy atom. The molecule has 1 unspecified atom stereocenters. The van der Waals surface area contributed by atoms with Gasteiger partial charge in [-0.05, 0) is 31.0 Å². The van der Waals surface area contributed by atoms with E-state index >= 15 is 0 Å². The molecule has 22 heavy (non-hydrogen) atoms. The van der Waals surface area contributed by atoms with Crippen molar-refractivity contribution in [1.29, 1.82) is 0 Å². The highest BCUT2D eigenvalue weighted by Crippen LogP contribution is 2.27. The van der Waals surface area contributed by atoms with Crippen LogP contribution in [0.5, 0.6) is 5.75 Å². The normalized spacial score (nSPS) is 25.8. The number of rotatable bonds is 4.